The van der Waals surface area contributed by atoms with Crippen molar-refractivity contribution in [2.24, 2.45) is 5.92 Å². The second kappa shape index (κ2) is 6.72. The molecule has 1 heterocycles. The van der Waals surface area contributed by atoms with Crippen molar-refractivity contribution >= 4 is 0 Å². The van der Waals surface area contributed by atoms with Gasteiger partial charge in [0.15, 0.2) is 0 Å². The first kappa shape index (κ1) is 14.1. The third-order valence-corrected chi connectivity index (χ3v) is 2.80. The summed E-state index contributed by atoms with van der Waals surface area (Å²) in [4.78, 5) is 4.23. The molecular weight excluding hydrogens is 212 g/mol. The van der Waals surface area contributed by atoms with Crippen LogP contribution in [-0.2, 0) is 6.54 Å². The Morgan fingerprint density at radius 3 is 2.76 bits per heavy atom. The van der Waals surface area contributed by atoms with Gasteiger partial charge in [0, 0.05) is 19.3 Å². The Morgan fingerprint density at radius 1 is 1.41 bits per heavy atom. The van der Waals surface area contributed by atoms with E-state index in [-0.39, 0.29) is 0 Å². The van der Waals surface area contributed by atoms with E-state index in [1.807, 2.05) is 25.1 Å². The van der Waals surface area contributed by atoms with Crippen molar-refractivity contribution in [2.75, 3.05) is 6.54 Å². The average Bonchev–Trinajstić information content (AvgIpc) is 2.28. The highest BCUT2D eigenvalue weighted by Gasteiger charge is 2.19. The van der Waals surface area contributed by atoms with Gasteiger partial charge in [-0.05, 0) is 37.8 Å². The third kappa shape index (κ3) is 6.39. The molecule has 0 radical (unpaired) electrons. The second-order valence-corrected chi connectivity index (χ2v) is 5.35. The molecule has 0 amide bonds. The highest BCUT2D eigenvalue weighted by molar-refractivity contribution is 5.03. The molecule has 0 bridgehead atoms. The van der Waals surface area contributed by atoms with E-state index in [1.165, 1.54) is 0 Å². The largest absolute Gasteiger partial charge is 0.389 e. The Labute approximate surface area is 104 Å². The van der Waals surface area contributed by atoms with Crippen LogP contribution in [0.25, 0.3) is 0 Å². The zero-order chi connectivity index (χ0) is 12.7. The van der Waals surface area contributed by atoms with Crippen molar-refractivity contribution in [3.8, 4) is 0 Å². The summed E-state index contributed by atoms with van der Waals surface area (Å²) >= 11 is 0. The van der Waals surface area contributed by atoms with Gasteiger partial charge in [-0.1, -0.05) is 19.9 Å². The van der Waals surface area contributed by atoms with Gasteiger partial charge in [-0.15, -0.1) is 0 Å². The Morgan fingerprint density at radius 2 is 2.18 bits per heavy atom. The lowest BCUT2D eigenvalue weighted by Gasteiger charge is -2.24. The van der Waals surface area contributed by atoms with E-state index in [0.29, 0.717) is 19.0 Å². The molecule has 1 unspecified atom stereocenters. The van der Waals surface area contributed by atoms with Gasteiger partial charge in [0.2, 0.25) is 0 Å². The number of nitrogens with one attached hydrogen (secondary N) is 1. The van der Waals surface area contributed by atoms with E-state index >= 15 is 0 Å². The standard InChI is InChI=1S/C14H24N2O/c1-12(2)7-8-14(3,17)11-15-10-13-6-4-5-9-16-13/h4-6,9,12,15,17H,7-8,10-11H2,1-3H3. The number of rotatable bonds is 7. The van der Waals surface area contributed by atoms with Crippen LogP contribution >= 0.6 is 0 Å². The number of pyridine rings is 1. The molecule has 96 valence electrons. The van der Waals surface area contributed by atoms with Crippen LogP contribution in [0.4, 0.5) is 0 Å². The SMILES string of the molecule is CC(C)CCC(C)(O)CNCc1ccccn1. The summed E-state index contributed by atoms with van der Waals surface area (Å²) < 4.78 is 0. The molecular formula is C14H24N2O. The molecule has 1 atom stereocenters. The molecule has 0 saturated carbocycles. The zero-order valence-corrected chi connectivity index (χ0v) is 11.1. The Balaban J connectivity index is 2.25. The Kier molecular flexibility index (Phi) is 5.59. The molecule has 3 nitrogen and oxygen atoms in total. The lowest BCUT2D eigenvalue weighted by molar-refractivity contribution is 0.0450. The maximum absolute atomic E-state index is 10.2. The van der Waals surface area contributed by atoms with Gasteiger partial charge in [-0.3, -0.25) is 4.98 Å². The third-order valence-electron chi connectivity index (χ3n) is 2.80. The van der Waals surface area contributed by atoms with Gasteiger partial charge in [-0.25, -0.2) is 0 Å². The highest BCUT2D eigenvalue weighted by atomic mass is 16.3. The highest BCUT2D eigenvalue weighted by Crippen LogP contribution is 2.15. The summed E-state index contributed by atoms with van der Waals surface area (Å²) in [6.07, 6.45) is 3.67. The minimum absolute atomic E-state index is 0.607. The molecule has 1 aromatic heterocycles. The fourth-order valence-corrected chi connectivity index (χ4v) is 1.65. The number of hydrogen-bond donors (Lipinski definition) is 2. The minimum atomic E-state index is -0.626. The summed E-state index contributed by atoms with van der Waals surface area (Å²) in [5.41, 5.74) is 0.381. The molecule has 3 heteroatoms. The van der Waals surface area contributed by atoms with Crippen LogP contribution in [0.1, 0.15) is 39.3 Å². The van der Waals surface area contributed by atoms with Gasteiger partial charge in [0.05, 0.1) is 11.3 Å². The maximum atomic E-state index is 10.2. The number of aromatic nitrogens is 1. The first-order chi connectivity index (χ1) is 7.99. The molecule has 0 aromatic carbocycles. The number of hydrogen-bond acceptors (Lipinski definition) is 3. The van der Waals surface area contributed by atoms with Gasteiger partial charge < -0.3 is 10.4 Å². The van der Waals surface area contributed by atoms with E-state index in [1.54, 1.807) is 6.20 Å². The van der Waals surface area contributed by atoms with Crippen LogP contribution in [0, 0.1) is 5.92 Å². The van der Waals surface area contributed by atoms with Crippen LogP contribution in [0.5, 0.6) is 0 Å². The first-order valence-electron chi connectivity index (χ1n) is 6.32. The van der Waals surface area contributed by atoms with Crippen LogP contribution in [-0.4, -0.2) is 22.2 Å². The van der Waals surface area contributed by atoms with Crippen molar-refractivity contribution in [2.45, 2.75) is 45.8 Å². The molecule has 0 spiro atoms. The van der Waals surface area contributed by atoms with Gasteiger partial charge >= 0.3 is 0 Å². The van der Waals surface area contributed by atoms with Crippen molar-refractivity contribution < 1.29 is 5.11 Å². The zero-order valence-electron chi connectivity index (χ0n) is 11.1. The molecule has 2 N–H and O–H groups in total. The van der Waals surface area contributed by atoms with E-state index in [2.05, 4.69) is 24.1 Å². The van der Waals surface area contributed by atoms with E-state index in [0.717, 1.165) is 18.5 Å². The van der Waals surface area contributed by atoms with Crippen molar-refractivity contribution in [3.05, 3.63) is 30.1 Å². The quantitative estimate of drug-likeness (QED) is 0.764. The van der Waals surface area contributed by atoms with Crippen LogP contribution in [0.3, 0.4) is 0 Å². The summed E-state index contributed by atoms with van der Waals surface area (Å²) in [6.45, 7) is 7.56. The molecule has 0 aliphatic heterocycles. The monoisotopic (exact) mass is 236 g/mol. The fraction of sp³-hybridized carbons (Fsp3) is 0.643. The summed E-state index contributed by atoms with van der Waals surface area (Å²) in [5, 5.41) is 13.4. The molecule has 0 fully saturated rings. The van der Waals surface area contributed by atoms with Crippen molar-refractivity contribution in [3.63, 3.8) is 0 Å². The van der Waals surface area contributed by atoms with E-state index < -0.39 is 5.60 Å². The van der Waals surface area contributed by atoms with Gasteiger partial charge in [0.1, 0.15) is 0 Å². The fourth-order valence-electron chi connectivity index (χ4n) is 1.65. The molecule has 0 saturated heterocycles. The van der Waals surface area contributed by atoms with Crippen LogP contribution in [0.2, 0.25) is 0 Å². The normalized spacial score (nSPS) is 14.9. The van der Waals surface area contributed by atoms with E-state index in [9.17, 15) is 5.11 Å². The summed E-state index contributed by atoms with van der Waals surface area (Å²) in [5.74, 6) is 0.636. The first-order valence-corrected chi connectivity index (χ1v) is 6.32. The smallest absolute Gasteiger partial charge is 0.0743 e. The minimum Gasteiger partial charge on any atom is -0.389 e. The number of nitrogens with zero attached hydrogens (tertiary/aromatic N) is 1. The lowest BCUT2D eigenvalue weighted by atomic mass is 9.95. The summed E-state index contributed by atoms with van der Waals surface area (Å²) in [7, 11) is 0. The average molecular weight is 236 g/mol. The van der Waals surface area contributed by atoms with Crippen molar-refractivity contribution in [1.82, 2.24) is 10.3 Å². The van der Waals surface area contributed by atoms with Gasteiger partial charge in [-0.2, -0.15) is 0 Å². The predicted molar refractivity (Wildman–Crippen MR) is 70.6 cm³/mol. The van der Waals surface area contributed by atoms with E-state index in [4.69, 9.17) is 0 Å². The molecule has 1 aromatic rings. The Bertz CT molecular complexity index is 309. The molecule has 0 aliphatic rings. The second-order valence-electron chi connectivity index (χ2n) is 5.35. The molecule has 1 rings (SSSR count). The Hall–Kier alpha value is -0.930. The maximum Gasteiger partial charge on any atom is 0.0743 e. The van der Waals surface area contributed by atoms with Gasteiger partial charge in [0.25, 0.3) is 0 Å². The van der Waals surface area contributed by atoms with Crippen molar-refractivity contribution in [1.29, 1.82) is 0 Å². The lowest BCUT2D eigenvalue weighted by Crippen LogP contribution is -2.37. The topological polar surface area (TPSA) is 45.1 Å². The van der Waals surface area contributed by atoms with Crippen LogP contribution < -0.4 is 5.32 Å². The predicted octanol–water partition coefficient (Wildman–Crippen LogP) is 2.36. The summed E-state index contributed by atoms with van der Waals surface area (Å²) in [6, 6.07) is 5.86. The van der Waals surface area contributed by atoms with Crippen LogP contribution in [0.15, 0.2) is 24.4 Å². The molecule has 0 aliphatic carbocycles. The molecule has 17 heavy (non-hydrogen) atoms. The number of aliphatic hydroxyl groups is 1.